The first-order valence-electron chi connectivity index (χ1n) is 6.60. The molecule has 5 nitrogen and oxygen atoms in total. The van der Waals surface area contributed by atoms with Gasteiger partial charge in [-0.1, -0.05) is 23.7 Å². The minimum Gasteiger partial charge on any atom is -0.480 e. The first kappa shape index (κ1) is 17.3. The summed E-state index contributed by atoms with van der Waals surface area (Å²) in [7, 11) is 1.65. The van der Waals surface area contributed by atoms with Crippen molar-refractivity contribution in [2.75, 3.05) is 13.6 Å². The molecule has 0 heterocycles. The summed E-state index contributed by atoms with van der Waals surface area (Å²) in [5.74, 6) is -1.03. The number of hydrogen-bond acceptors (Lipinski definition) is 2. The number of carbonyl (C=O) groups excluding carboxylic acids is 1. The van der Waals surface area contributed by atoms with E-state index in [1.54, 1.807) is 19.2 Å². The minimum atomic E-state index is -1.03. The first-order chi connectivity index (χ1) is 9.61. The summed E-state index contributed by atoms with van der Waals surface area (Å²) in [6.07, 6.45) is 0. The molecule has 2 amide bonds. The van der Waals surface area contributed by atoms with E-state index in [9.17, 15) is 9.59 Å². The number of carboxylic acid groups (broad SMARTS) is 1. The molecule has 1 N–H and O–H groups in total. The molecule has 0 aliphatic heterocycles. The maximum absolute atomic E-state index is 12.5. The van der Waals surface area contributed by atoms with Crippen LogP contribution in [0.25, 0.3) is 0 Å². The second-order valence-corrected chi connectivity index (χ2v) is 6.35. The summed E-state index contributed by atoms with van der Waals surface area (Å²) in [4.78, 5) is 26.2. The molecule has 0 saturated heterocycles. The highest BCUT2D eigenvalue weighted by Gasteiger charge is 2.30. The van der Waals surface area contributed by atoms with Crippen molar-refractivity contribution >= 4 is 23.6 Å². The van der Waals surface area contributed by atoms with Crippen molar-refractivity contribution in [3.63, 3.8) is 0 Å². The van der Waals surface area contributed by atoms with E-state index in [0.717, 1.165) is 5.56 Å². The van der Waals surface area contributed by atoms with Crippen molar-refractivity contribution in [3.8, 4) is 0 Å². The van der Waals surface area contributed by atoms with Gasteiger partial charge in [0.25, 0.3) is 0 Å². The molecule has 0 aliphatic carbocycles. The molecule has 0 atom stereocenters. The average molecular weight is 313 g/mol. The molecule has 0 saturated carbocycles. The molecule has 0 bridgehead atoms. The smallest absolute Gasteiger partial charge is 0.323 e. The number of aliphatic carboxylic acids is 1. The SMILES string of the molecule is CN(Cc1ccc(Cl)cc1)C(=O)N(CC(=O)O)C(C)(C)C. The van der Waals surface area contributed by atoms with Crippen molar-refractivity contribution < 1.29 is 14.7 Å². The molecule has 116 valence electrons. The highest BCUT2D eigenvalue weighted by Crippen LogP contribution is 2.17. The number of rotatable bonds is 4. The van der Waals surface area contributed by atoms with Gasteiger partial charge in [0.1, 0.15) is 6.54 Å². The van der Waals surface area contributed by atoms with Crippen molar-refractivity contribution in [1.29, 1.82) is 0 Å². The summed E-state index contributed by atoms with van der Waals surface area (Å²) in [6.45, 7) is 5.49. The van der Waals surface area contributed by atoms with E-state index < -0.39 is 11.5 Å². The third kappa shape index (κ3) is 5.27. The van der Waals surface area contributed by atoms with Gasteiger partial charge in [0.2, 0.25) is 0 Å². The van der Waals surface area contributed by atoms with Gasteiger partial charge in [-0.25, -0.2) is 4.79 Å². The normalized spacial score (nSPS) is 11.1. The van der Waals surface area contributed by atoms with Gasteiger partial charge in [-0.3, -0.25) is 4.79 Å². The lowest BCUT2D eigenvalue weighted by molar-refractivity contribution is -0.138. The molecular formula is C15H21ClN2O3. The van der Waals surface area contributed by atoms with Crippen LogP contribution in [0, 0.1) is 0 Å². The fourth-order valence-electron chi connectivity index (χ4n) is 1.86. The quantitative estimate of drug-likeness (QED) is 0.929. The van der Waals surface area contributed by atoms with Crippen LogP contribution in [0.1, 0.15) is 26.3 Å². The van der Waals surface area contributed by atoms with Crippen LogP contribution < -0.4 is 0 Å². The van der Waals surface area contributed by atoms with Crippen LogP contribution in [-0.2, 0) is 11.3 Å². The maximum atomic E-state index is 12.5. The molecule has 0 aliphatic rings. The number of halogens is 1. The third-order valence-corrected chi connectivity index (χ3v) is 3.25. The number of benzene rings is 1. The largest absolute Gasteiger partial charge is 0.480 e. The van der Waals surface area contributed by atoms with E-state index in [1.165, 1.54) is 9.80 Å². The molecule has 0 radical (unpaired) electrons. The molecule has 1 aromatic rings. The van der Waals surface area contributed by atoms with Gasteiger partial charge < -0.3 is 14.9 Å². The van der Waals surface area contributed by atoms with E-state index in [2.05, 4.69) is 0 Å². The van der Waals surface area contributed by atoms with Gasteiger partial charge >= 0.3 is 12.0 Å². The van der Waals surface area contributed by atoms with Crippen molar-refractivity contribution in [2.45, 2.75) is 32.9 Å². The second kappa shape index (κ2) is 6.80. The molecule has 0 fully saturated rings. The van der Waals surface area contributed by atoms with E-state index in [4.69, 9.17) is 16.7 Å². The van der Waals surface area contributed by atoms with Crippen LogP contribution in [0.3, 0.4) is 0 Å². The van der Waals surface area contributed by atoms with Gasteiger partial charge in [0.05, 0.1) is 0 Å². The van der Waals surface area contributed by atoms with Crippen LogP contribution in [0.2, 0.25) is 5.02 Å². The Labute approximate surface area is 130 Å². The first-order valence-corrected chi connectivity index (χ1v) is 6.98. The number of nitrogens with zero attached hydrogens (tertiary/aromatic N) is 2. The summed E-state index contributed by atoms with van der Waals surface area (Å²) >= 11 is 5.82. The van der Waals surface area contributed by atoms with Gasteiger partial charge in [0, 0.05) is 24.2 Å². The summed E-state index contributed by atoms with van der Waals surface area (Å²) < 4.78 is 0. The van der Waals surface area contributed by atoms with E-state index in [1.807, 2.05) is 32.9 Å². The monoisotopic (exact) mass is 312 g/mol. The van der Waals surface area contributed by atoms with Crippen LogP contribution in [0.15, 0.2) is 24.3 Å². The number of urea groups is 1. The van der Waals surface area contributed by atoms with Crippen molar-refractivity contribution in [1.82, 2.24) is 9.80 Å². The Morgan fingerprint density at radius 1 is 1.19 bits per heavy atom. The molecule has 1 aromatic carbocycles. The zero-order valence-electron chi connectivity index (χ0n) is 12.8. The Morgan fingerprint density at radius 2 is 1.71 bits per heavy atom. The van der Waals surface area contributed by atoms with E-state index >= 15 is 0 Å². The maximum Gasteiger partial charge on any atom is 0.323 e. The topological polar surface area (TPSA) is 60.9 Å². The predicted molar refractivity (Wildman–Crippen MR) is 82.4 cm³/mol. The van der Waals surface area contributed by atoms with Crippen LogP contribution in [0.5, 0.6) is 0 Å². The molecule has 0 unspecified atom stereocenters. The lowest BCUT2D eigenvalue weighted by Crippen LogP contribution is -2.52. The van der Waals surface area contributed by atoms with Crippen molar-refractivity contribution in [3.05, 3.63) is 34.9 Å². The fourth-order valence-corrected chi connectivity index (χ4v) is 1.99. The fraction of sp³-hybridized carbons (Fsp3) is 0.467. The number of hydrogen-bond donors (Lipinski definition) is 1. The zero-order chi connectivity index (χ0) is 16.2. The molecule has 6 heteroatoms. The Kier molecular flexibility index (Phi) is 5.61. The molecular weight excluding hydrogens is 292 g/mol. The van der Waals surface area contributed by atoms with Crippen LogP contribution in [0.4, 0.5) is 4.79 Å². The number of carboxylic acids is 1. The Hall–Kier alpha value is -1.75. The van der Waals surface area contributed by atoms with Crippen LogP contribution >= 0.6 is 11.6 Å². The number of carbonyl (C=O) groups is 2. The lowest BCUT2D eigenvalue weighted by Gasteiger charge is -2.37. The lowest BCUT2D eigenvalue weighted by atomic mass is 10.1. The molecule has 21 heavy (non-hydrogen) atoms. The summed E-state index contributed by atoms with van der Waals surface area (Å²) in [5, 5.41) is 9.61. The van der Waals surface area contributed by atoms with E-state index in [-0.39, 0.29) is 12.6 Å². The summed E-state index contributed by atoms with van der Waals surface area (Å²) in [6, 6.07) is 6.87. The minimum absolute atomic E-state index is 0.320. The van der Waals surface area contributed by atoms with E-state index in [0.29, 0.717) is 11.6 Å². The summed E-state index contributed by atoms with van der Waals surface area (Å²) in [5.41, 5.74) is 0.364. The Morgan fingerprint density at radius 3 is 2.14 bits per heavy atom. The molecule has 0 spiro atoms. The second-order valence-electron chi connectivity index (χ2n) is 5.92. The Balaban J connectivity index is 2.82. The van der Waals surface area contributed by atoms with Gasteiger partial charge in [0.15, 0.2) is 0 Å². The average Bonchev–Trinajstić information content (AvgIpc) is 2.36. The van der Waals surface area contributed by atoms with Gasteiger partial charge in [-0.15, -0.1) is 0 Å². The standard InChI is InChI=1S/C15H21ClN2O3/c1-15(2,3)18(10-13(19)20)14(21)17(4)9-11-5-7-12(16)8-6-11/h5-8H,9-10H2,1-4H3,(H,19,20). The third-order valence-electron chi connectivity index (χ3n) is 2.99. The zero-order valence-corrected chi connectivity index (χ0v) is 13.5. The van der Waals surface area contributed by atoms with Crippen molar-refractivity contribution in [2.24, 2.45) is 0 Å². The predicted octanol–water partition coefficient (Wildman–Crippen LogP) is 3.08. The molecule has 1 rings (SSSR count). The van der Waals surface area contributed by atoms with Gasteiger partial charge in [-0.05, 0) is 38.5 Å². The van der Waals surface area contributed by atoms with Gasteiger partial charge in [-0.2, -0.15) is 0 Å². The number of amides is 2. The highest BCUT2D eigenvalue weighted by atomic mass is 35.5. The van der Waals surface area contributed by atoms with Crippen LogP contribution in [-0.4, -0.2) is 46.0 Å². The highest BCUT2D eigenvalue weighted by molar-refractivity contribution is 6.30. The molecule has 0 aromatic heterocycles. The Bertz CT molecular complexity index is 509.